The average molecular weight is 445 g/mol. The number of hydrogen-bond donors (Lipinski definition) is 1. The number of nitrogens with one attached hydrogen (secondary N) is 1. The molecule has 1 heterocycles. The Labute approximate surface area is 180 Å². The Hall–Kier alpha value is -3.95. The van der Waals surface area contributed by atoms with Crippen molar-refractivity contribution in [2.45, 2.75) is 19.7 Å². The van der Waals surface area contributed by atoms with Gasteiger partial charge < -0.3 is 10.1 Å². The minimum Gasteiger partial charge on any atom is -0.460 e. The van der Waals surface area contributed by atoms with Crippen molar-refractivity contribution < 1.29 is 27.5 Å². The fraction of sp³-hybridized carbons (Fsp3) is 0.182. The van der Waals surface area contributed by atoms with E-state index in [0.717, 1.165) is 22.4 Å². The summed E-state index contributed by atoms with van der Waals surface area (Å²) >= 11 is 0. The lowest BCUT2D eigenvalue weighted by molar-refractivity contribution is -0.143. The zero-order valence-corrected chi connectivity index (χ0v) is 16.8. The molecule has 0 fully saturated rings. The van der Waals surface area contributed by atoms with Crippen LogP contribution in [0.15, 0.2) is 65.5 Å². The topological polar surface area (TPSA) is 90.3 Å². The number of alkyl halides is 3. The summed E-state index contributed by atoms with van der Waals surface area (Å²) in [6.45, 7) is 0.851. The molecule has 0 aliphatic heterocycles. The van der Waals surface area contributed by atoms with Crippen molar-refractivity contribution in [3.63, 3.8) is 0 Å². The summed E-state index contributed by atoms with van der Waals surface area (Å²) < 4.78 is 46.0. The molecule has 0 saturated heterocycles. The van der Waals surface area contributed by atoms with E-state index in [0.29, 0.717) is 0 Å². The number of ether oxygens (including phenoxy) is 1. The maximum absolute atomic E-state index is 13.4. The van der Waals surface area contributed by atoms with Crippen LogP contribution in [0, 0.1) is 6.92 Å². The second-order valence-corrected chi connectivity index (χ2v) is 6.75. The molecule has 1 aromatic heterocycles. The predicted octanol–water partition coefficient (Wildman–Crippen LogP) is 3.03. The minimum absolute atomic E-state index is 0.000637. The number of nitrogens with zero attached hydrogens (tertiary/aromatic N) is 2. The third-order valence-corrected chi connectivity index (χ3v) is 4.40. The van der Waals surface area contributed by atoms with Gasteiger partial charge in [-0.15, -0.1) is 0 Å². The van der Waals surface area contributed by atoms with Crippen LogP contribution in [0.3, 0.4) is 0 Å². The van der Waals surface area contributed by atoms with E-state index in [4.69, 9.17) is 4.74 Å². The minimum atomic E-state index is -4.67. The number of carbonyl (C=O) groups is 2. The molecule has 0 spiro atoms. The lowest BCUT2D eigenvalue weighted by atomic mass is 10.1. The van der Waals surface area contributed by atoms with Crippen molar-refractivity contribution in [3.8, 4) is 5.69 Å². The van der Waals surface area contributed by atoms with Crippen LogP contribution < -0.4 is 10.7 Å². The van der Waals surface area contributed by atoms with Crippen LogP contribution >= 0.6 is 0 Å². The van der Waals surface area contributed by atoms with Crippen LogP contribution in [0.5, 0.6) is 0 Å². The average Bonchev–Trinajstić information content (AvgIpc) is 2.76. The standard InChI is InChI=1S/C22H18F3N3O4/c1-14-11-18(29)20(27-28(14)17-10-6-5-9-16(17)22(23,24)25)21(31)26-12-19(30)32-13-15-7-3-2-4-8-15/h2-11H,12-13H2,1H3,(H,26,31). The van der Waals surface area contributed by atoms with Gasteiger partial charge in [-0.05, 0) is 24.6 Å². The van der Waals surface area contributed by atoms with Gasteiger partial charge in [0.05, 0.1) is 11.3 Å². The van der Waals surface area contributed by atoms with E-state index in [1.807, 2.05) is 0 Å². The molecule has 0 aliphatic rings. The summed E-state index contributed by atoms with van der Waals surface area (Å²) in [5.41, 5.74) is -1.91. The zero-order chi connectivity index (χ0) is 23.3. The Morgan fingerprint density at radius 3 is 2.41 bits per heavy atom. The van der Waals surface area contributed by atoms with E-state index in [9.17, 15) is 27.6 Å². The number of aryl methyl sites for hydroxylation is 1. The van der Waals surface area contributed by atoms with E-state index < -0.39 is 41.3 Å². The van der Waals surface area contributed by atoms with Crippen LogP contribution in [0.1, 0.15) is 27.3 Å². The largest absolute Gasteiger partial charge is 0.460 e. The van der Waals surface area contributed by atoms with Crippen molar-refractivity contribution in [3.05, 3.63) is 93.4 Å². The van der Waals surface area contributed by atoms with Crippen LogP contribution in [-0.4, -0.2) is 28.2 Å². The molecule has 32 heavy (non-hydrogen) atoms. The first-order valence-corrected chi connectivity index (χ1v) is 9.42. The van der Waals surface area contributed by atoms with Gasteiger partial charge in [0.25, 0.3) is 5.91 Å². The van der Waals surface area contributed by atoms with E-state index in [2.05, 4.69) is 10.4 Å². The van der Waals surface area contributed by atoms with Crippen molar-refractivity contribution in [2.75, 3.05) is 6.54 Å². The molecule has 1 N–H and O–H groups in total. The van der Waals surface area contributed by atoms with Gasteiger partial charge in [-0.2, -0.15) is 18.3 Å². The fourth-order valence-electron chi connectivity index (χ4n) is 2.87. The van der Waals surface area contributed by atoms with Gasteiger partial charge in [-0.1, -0.05) is 42.5 Å². The first-order valence-electron chi connectivity index (χ1n) is 9.42. The predicted molar refractivity (Wildman–Crippen MR) is 108 cm³/mol. The summed E-state index contributed by atoms with van der Waals surface area (Å²) in [4.78, 5) is 36.5. The van der Waals surface area contributed by atoms with Gasteiger partial charge in [0.1, 0.15) is 13.2 Å². The summed E-state index contributed by atoms with van der Waals surface area (Å²) in [5.74, 6) is -1.76. The van der Waals surface area contributed by atoms with Crippen molar-refractivity contribution in [1.82, 2.24) is 15.1 Å². The molecule has 1 amide bonds. The molecule has 0 radical (unpaired) electrons. The molecule has 3 rings (SSSR count). The van der Waals surface area contributed by atoms with Gasteiger partial charge in [-0.3, -0.25) is 14.4 Å². The molecule has 0 unspecified atom stereocenters. The number of halogens is 3. The molecule has 0 saturated carbocycles. The molecule has 3 aromatic rings. The number of para-hydroxylation sites is 1. The quantitative estimate of drug-likeness (QED) is 0.589. The molecule has 0 aliphatic carbocycles. The van der Waals surface area contributed by atoms with E-state index in [1.165, 1.54) is 25.1 Å². The highest BCUT2D eigenvalue weighted by molar-refractivity contribution is 5.94. The second-order valence-electron chi connectivity index (χ2n) is 6.75. The van der Waals surface area contributed by atoms with E-state index in [1.54, 1.807) is 30.3 Å². The highest BCUT2D eigenvalue weighted by Crippen LogP contribution is 2.33. The van der Waals surface area contributed by atoms with E-state index in [-0.39, 0.29) is 18.0 Å². The normalized spacial score (nSPS) is 11.1. The Bertz CT molecular complexity index is 1190. The number of esters is 1. The summed E-state index contributed by atoms with van der Waals surface area (Å²) in [6, 6.07) is 14.5. The molecule has 0 bridgehead atoms. The van der Waals surface area contributed by atoms with Crippen LogP contribution in [0.2, 0.25) is 0 Å². The Kier molecular flexibility index (Phi) is 6.72. The van der Waals surface area contributed by atoms with Gasteiger partial charge in [0, 0.05) is 11.8 Å². The van der Waals surface area contributed by atoms with Gasteiger partial charge in [0.15, 0.2) is 5.69 Å². The Morgan fingerprint density at radius 2 is 1.72 bits per heavy atom. The molecule has 7 nitrogen and oxygen atoms in total. The lowest BCUT2D eigenvalue weighted by Crippen LogP contribution is -2.35. The third kappa shape index (κ3) is 5.39. The molecule has 0 atom stereocenters. The number of benzene rings is 2. The first kappa shape index (κ1) is 22.7. The number of aromatic nitrogens is 2. The van der Waals surface area contributed by atoms with Crippen LogP contribution in [0.4, 0.5) is 13.2 Å². The molecular formula is C22H18F3N3O4. The summed E-state index contributed by atoms with van der Waals surface area (Å²) in [6.07, 6.45) is -4.67. The second kappa shape index (κ2) is 9.46. The van der Waals surface area contributed by atoms with Crippen LogP contribution in [0.25, 0.3) is 5.69 Å². The highest BCUT2D eigenvalue weighted by atomic mass is 19.4. The first-order chi connectivity index (χ1) is 15.2. The number of carbonyl (C=O) groups excluding carboxylic acids is 2. The summed E-state index contributed by atoms with van der Waals surface area (Å²) in [7, 11) is 0. The fourth-order valence-corrected chi connectivity index (χ4v) is 2.87. The van der Waals surface area contributed by atoms with E-state index >= 15 is 0 Å². The Balaban J connectivity index is 1.77. The molecule has 10 heteroatoms. The van der Waals surface area contributed by atoms with Crippen LogP contribution in [-0.2, 0) is 22.3 Å². The van der Waals surface area contributed by atoms with Gasteiger partial charge in [-0.25, -0.2) is 4.68 Å². The Morgan fingerprint density at radius 1 is 1.06 bits per heavy atom. The smallest absolute Gasteiger partial charge is 0.418 e. The molecular weight excluding hydrogens is 427 g/mol. The van der Waals surface area contributed by atoms with Gasteiger partial charge >= 0.3 is 12.1 Å². The third-order valence-electron chi connectivity index (χ3n) is 4.40. The summed E-state index contributed by atoms with van der Waals surface area (Å²) in [5, 5.41) is 6.03. The van der Waals surface area contributed by atoms with Crippen molar-refractivity contribution in [2.24, 2.45) is 0 Å². The number of amides is 1. The highest BCUT2D eigenvalue weighted by Gasteiger charge is 2.34. The molecule has 2 aromatic carbocycles. The van der Waals surface area contributed by atoms with Crippen molar-refractivity contribution >= 4 is 11.9 Å². The monoisotopic (exact) mass is 445 g/mol. The van der Waals surface area contributed by atoms with Gasteiger partial charge in [0.2, 0.25) is 5.43 Å². The molecule has 166 valence electrons. The number of hydrogen-bond acceptors (Lipinski definition) is 5. The number of rotatable bonds is 6. The zero-order valence-electron chi connectivity index (χ0n) is 16.8. The maximum atomic E-state index is 13.4. The SMILES string of the molecule is Cc1cc(=O)c(C(=O)NCC(=O)OCc2ccccc2)nn1-c1ccccc1C(F)(F)F. The lowest BCUT2D eigenvalue weighted by Gasteiger charge is -2.16. The maximum Gasteiger partial charge on any atom is 0.418 e. The van der Waals surface area contributed by atoms with Crippen molar-refractivity contribution in [1.29, 1.82) is 0 Å².